The molecule has 8 rings (SSSR count). The van der Waals surface area contributed by atoms with Crippen LogP contribution in [-0.2, 0) is 45.5 Å². The first-order valence-electron chi connectivity index (χ1n) is 22.1. The van der Waals surface area contributed by atoms with Gasteiger partial charge in [0.05, 0.1) is 30.7 Å². The Balaban J connectivity index is 0.885. The molecule has 0 aliphatic heterocycles. The van der Waals surface area contributed by atoms with Crippen LogP contribution in [0.5, 0.6) is 5.75 Å². The fourth-order valence-corrected chi connectivity index (χ4v) is 12.7. The molecule has 0 unspecified atom stereocenters. The smallest absolute Gasteiger partial charge is 0.349 e. The molecule has 4 aromatic heterocycles. The van der Waals surface area contributed by atoms with Gasteiger partial charge in [0, 0.05) is 37.1 Å². The van der Waals surface area contributed by atoms with Crippen LogP contribution in [0.2, 0.25) is 18.1 Å². The van der Waals surface area contributed by atoms with Gasteiger partial charge in [-0.15, -0.1) is 27.8 Å². The maximum Gasteiger partial charge on any atom is 0.349 e. The molecule has 12 nitrogen and oxygen atoms in total. The van der Waals surface area contributed by atoms with Crippen molar-refractivity contribution in [3.63, 3.8) is 0 Å². The summed E-state index contributed by atoms with van der Waals surface area (Å²) in [4.78, 5) is 32.2. The summed E-state index contributed by atoms with van der Waals surface area (Å²) in [6.07, 6.45) is 6.88. The van der Waals surface area contributed by atoms with Gasteiger partial charge in [0.2, 0.25) is 11.2 Å². The van der Waals surface area contributed by atoms with Crippen LogP contribution in [0.3, 0.4) is 0 Å². The normalized spacial score (nSPS) is 18.6. The van der Waals surface area contributed by atoms with Gasteiger partial charge < -0.3 is 34.6 Å². The molecule has 2 aliphatic rings. The van der Waals surface area contributed by atoms with Gasteiger partial charge in [0.15, 0.2) is 8.32 Å². The maximum atomic E-state index is 13.6. The van der Waals surface area contributed by atoms with Gasteiger partial charge in [0.25, 0.3) is 0 Å². The standard InChI is InChI=1S/C47H59BrN6O6S2Si/c1-46(2,3)63(5,6)60-38(33-17-19-37(55)43-34(33)18-22-42(56)50-43)28-49-27-29-26-36-44(35-11-7-10-32(29)35)54(52-51-36)24-9-23-53(4)30-13-15-31(16-14-30)59-45(57)47(58,39-12-8-25-61-39)40-20-21-41(48)62-40/h8,12,17-22,25-26,30-31,38,49,55,58H,7,9-11,13-16,23-24,27-28H2,1-6H3,(H,50,56)/t30?,31?,38-,47+/m0/s1. The Labute approximate surface area is 386 Å². The molecule has 0 saturated heterocycles. The van der Waals surface area contributed by atoms with Crippen molar-refractivity contribution in [1.29, 1.82) is 0 Å². The number of carbonyl (C=O) groups is 1. The lowest BCUT2D eigenvalue weighted by molar-refractivity contribution is -0.169. The molecule has 16 heteroatoms. The van der Waals surface area contributed by atoms with Crippen LogP contribution in [0.1, 0.15) is 97.4 Å². The highest BCUT2D eigenvalue weighted by molar-refractivity contribution is 9.11. The minimum atomic E-state index is -2.23. The van der Waals surface area contributed by atoms with E-state index in [9.17, 15) is 19.8 Å². The molecule has 0 bridgehead atoms. The van der Waals surface area contributed by atoms with Crippen molar-refractivity contribution >= 4 is 74.8 Å². The Morgan fingerprint density at radius 1 is 1.08 bits per heavy atom. The first-order valence-corrected chi connectivity index (χ1v) is 27.5. The molecule has 4 N–H and O–H groups in total. The molecule has 2 aromatic carbocycles. The number of pyridine rings is 1. The average molecular weight is 976 g/mol. The van der Waals surface area contributed by atoms with E-state index in [1.807, 2.05) is 23.6 Å². The van der Waals surface area contributed by atoms with Crippen molar-refractivity contribution < 1.29 is 24.2 Å². The lowest BCUT2D eigenvalue weighted by Gasteiger charge is -2.39. The minimum Gasteiger partial charge on any atom is -0.506 e. The molecular formula is C47H59BrN6O6S2Si. The monoisotopic (exact) mass is 974 g/mol. The van der Waals surface area contributed by atoms with Crippen LogP contribution in [0, 0.1) is 0 Å². The second-order valence-electron chi connectivity index (χ2n) is 18.8. The van der Waals surface area contributed by atoms with E-state index in [-0.39, 0.29) is 28.6 Å². The number of hydrogen-bond acceptors (Lipinski definition) is 12. The Bertz CT molecular complexity index is 2630. The third-order valence-corrected chi connectivity index (χ3v) is 20.8. The van der Waals surface area contributed by atoms with Crippen molar-refractivity contribution in [3.05, 3.63) is 106 Å². The lowest BCUT2D eigenvalue weighted by Crippen LogP contribution is -2.43. The predicted molar refractivity (Wildman–Crippen MR) is 257 cm³/mol. The number of aromatic nitrogens is 4. The summed E-state index contributed by atoms with van der Waals surface area (Å²) in [5, 5.41) is 38.1. The number of hydrogen-bond donors (Lipinski definition) is 4. The van der Waals surface area contributed by atoms with Crippen LogP contribution in [0.15, 0.2) is 68.6 Å². The van der Waals surface area contributed by atoms with Gasteiger partial charge in [-0.2, -0.15) is 0 Å². The molecule has 336 valence electrons. The van der Waals surface area contributed by atoms with Gasteiger partial charge in [-0.3, -0.25) is 4.79 Å². The SMILES string of the molecule is CN(CCCn1nnc2cc(CNC[C@H](O[Si](C)(C)C(C)(C)C)c3ccc(O)c4[nH]c(=O)ccc34)c3c(c21)CCC3)C1CCC(OC(=O)[C@@](O)(c2cccs2)c2ccc(Br)s2)CC1. The number of fused-ring (bicyclic) bond motifs is 4. The highest BCUT2D eigenvalue weighted by Crippen LogP contribution is 2.43. The van der Waals surface area contributed by atoms with Gasteiger partial charge >= 0.3 is 5.97 Å². The summed E-state index contributed by atoms with van der Waals surface area (Å²) in [5.41, 5.74) is 5.34. The van der Waals surface area contributed by atoms with Crippen LogP contribution in [-0.4, -0.2) is 81.7 Å². The summed E-state index contributed by atoms with van der Waals surface area (Å²) >= 11 is 6.17. The molecule has 0 spiro atoms. The molecule has 0 amide bonds. The Morgan fingerprint density at radius 2 is 1.86 bits per heavy atom. The number of aromatic amines is 1. The number of halogens is 1. The zero-order chi connectivity index (χ0) is 44.7. The molecular weight excluding hydrogens is 917 g/mol. The summed E-state index contributed by atoms with van der Waals surface area (Å²) < 4.78 is 16.0. The molecule has 0 radical (unpaired) electrons. The number of nitrogens with zero attached hydrogens (tertiary/aromatic N) is 4. The minimum absolute atomic E-state index is 0.0133. The van der Waals surface area contributed by atoms with Crippen LogP contribution in [0.4, 0.5) is 0 Å². The average Bonchev–Trinajstić information content (AvgIpc) is 4.09. The number of esters is 1. The fraction of sp³-hybridized carbons (Fsp3) is 0.489. The third kappa shape index (κ3) is 9.51. The van der Waals surface area contributed by atoms with Crippen molar-refractivity contribution in [2.24, 2.45) is 0 Å². The van der Waals surface area contributed by atoms with Crippen molar-refractivity contribution in [2.45, 2.75) is 127 Å². The number of phenolic OH excluding ortho intramolecular Hbond substituents is 1. The number of ether oxygens (including phenoxy) is 1. The largest absolute Gasteiger partial charge is 0.506 e. The number of carbonyl (C=O) groups excluding carboxylic acids is 1. The molecule has 2 atom stereocenters. The lowest BCUT2D eigenvalue weighted by atomic mass is 9.91. The number of phenols is 1. The zero-order valence-corrected chi connectivity index (χ0v) is 41.2. The van der Waals surface area contributed by atoms with E-state index in [0.29, 0.717) is 34.4 Å². The quantitative estimate of drug-likeness (QED) is 0.0545. The number of aryl methyl sites for hydroxylation is 2. The molecule has 1 fully saturated rings. The number of H-pyrrole nitrogens is 1. The van der Waals surface area contributed by atoms with Gasteiger partial charge in [-0.25, -0.2) is 9.48 Å². The number of aliphatic hydroxyl groups is 1. The van der Waals surface area contributed by atoms with Crippen molar-refractivity contribution in [1.82, 2.24) is 30.2 Å². The molecule has 6 aromatic rings. The van der Waals surface area contributed by atoms with E-state index in [1.165, 1.54) is 45.4 Å². The summed E-state index contributed by atoms with van der Waals surface area (Å²) in [7, 11) is -0.0402. The van der Waals surface area contributed by atoms with Gasteiger partial charge in [-0.1, -0.05) is 38.1 Å². The highest BCUT2D eigenvalue weighted by atomic mass is 79.9. The highest BCUT2D eigenvalue weighted by Gasteiger charge is 2.45. The number of aromatic hydroxyl groups is 1. The summed E-state index contributed by atoms with van der Waals surface area (Å²) in [5.74, 6) is -0.565. The fourth-order valence-electron chi connectivity index (χ4n) is 9.09. The van der Waals surface area contributed by atoms with E-state index >= 15 is 0 Å². The van der Waals surface area contributed by atoms with E-state index in [4.69, 9.17) is 9.16 Å². The van der Waals surface area contributed by atoms with Gasteiger partial charge in [0.1, 0.15) is 17.4 Å². The van der Waals surface area contributed by atoms with Crippen LogP contribution >= 0.6 is 38.6 Å². The van der Waals surface area contributed by atoms with Crippen molar-refractivity contribution in [3.8, 4) is 5.75 Å². The Morgan fingerprint density at radius 3 is 2.57 bits per heavy atom. The van der Waals surface area contributed by atoms with E-state index in [1.54, 1.807) is 24.3 Å². The Hall–Kier alpha value is -3.74. The summed E-state index contributed by atoms with van der Waals surface area (Å²) in [6.45, 7) is 14.1. The number of benzene rings is 2. The third-order valence-electron chi connectivity index (χ3n) is 13.6. The molecule has 4 heterocycles. The Kier molecular flexibility index (Phi) is 13.5. The molecule has 1 saturated carbocycles. The van der Waals surface area contributed by atoms with Crippen LogP contribution in [0.25, 0.3) is 21.9 Å². The first kappa shape index (κ1) is 45.8. The first-order chi connectivity index (χ1) is 30.0. The van der Waals surface area contributed by atoms with E-state index < -0.39 is 19.9 Å². The number of nitrogens with one attached hydrogen (secondary N) is 2. The second kappa shape index (κ2) is 18.6. The summed E-state index contributed by atoms with van der Waals surface area (Å²) in [6, 6.07) is 16.7. The molecule has 2 aliphatic carbocycles. The topological polar surface area (TPSA) is 155 Å². The maximum absolute atomic E-state index is 13.6. The van der Waals surface area contributed by atoms with E-state index in [0.717, 1.165) is 90.2 Å². The van der Waals surface area contributed by atoms with Gasteiger partial charge in [-0.05, 0) is 163 Å². The predicted octanol–water partition coefficient (Wildman–Crippen LogP) is 9.32. The van der Waals surface area contributed by atoms with Crippen LogP contribution < -0.4 is 10.9 Å². The number of rotatable bonds is 16. The van der Waals surface area contributed by atoms with E-state index in [2.05, 4.69) is 93.1 Å². The molecule has 63 heavy (non-hydrogen) atoms. The van der Waals surface area contributed by atoms with Crippen molar-refractivity contribution in [2.75, 3.05) is 20.1 Å². The second-order valence-corrected chi connectivity index (χ2v) is 26.9. The number of thiophene rings is 2. The zero-order valence-electron chi connectivity index (χ0n) is 37.0.